The predicted molar refractivity (Wildman–Crippen MR) is 87.8 cm³/mol. The second-order valence-corrected chi connectivity index (χ2v) is 5.80. The number of hydrogen-bond acceptors (Lipinski definition) is 4. The van der Waals surface area contributed by atoms with E-state index in [-0.39, 0.29) is 23.6 Å². The molecular formula is C16H16ClN3O3. The molecule has 0 aliphatic carbocycles. The molecule has 2 heterocycles. The lowest BCUT2D eigenvalue weighted by Gasteiger charge is -2.17. The van der Waals surface area contributed by atoms with E-state index < -0.39 is 0 Å². The summed E-state index contributed by atoms with van der Waals surface area (Å²) in [7, 11) is 1.77. The fourth-order valence-corrected chi connectivity index (χ4v) is 2.65. The van der Waals surface area contributed by atoms with Crippen LogP contribution >= 0.6 is 11.6 Å². The summed E-state index contributed by atoms with van der Waals surface area (Å²) >= 11 is 6.02. The molecule has 1 fully saturated rings. The summed E-state index contributed by atoms with van der Waals surface area (Å²) < 4.78 is 5.08. The molecule has 1 atom stereocenters. The number of nitrogens with one attached hydrogen (secondary N) is 2. The van der Waals surface area contributed by atoms with E-state index in [2.05, 4.69) is 10.6 Å². The van der Waals surface area contributed by atoms with Gasteiger partial charge in [0, 0.05) is 18.6 Å². The van der Waals surface area contributed by atoms with E-state index in [4.69, 9.17) is 16.0 Å². The number of anilines is 2. The standard InChI is InChI=1S/C16H16ClN3O3/c1-20-7-6-12(16(20)22)18-11-5-4-10(17)9-13(11)19-15(21)14-3-2-8-23-14/h2-5,8-9,12,18H,6-7H2,1H3,(H,19,21)/t12-/m0/s1. The molecule has 0 radical (unpaired) electrons. The van der Waals surface area contributed by atoms with Crippen LogP contribution in [0.25, 0.3) is 0 Å². The Hall–Kier alpha value is -2.47. The number of halogens is 1. The van der Waals surface area contributed by atoms with Gasteiger partial charge >= 0.3 is 0 Å². The Kier molecular flexibility index (Phi) is 4.25. The molecule has 7 heteroatoms. The summed E-state index contributed by atoms with van der Waals surface area (Å²) in [4.78, 5) is 25.8. The normalized spacial score (nSPS) is 17.4. The second-order valence-electron chi connectivity index (χ2n) is 5.37. The molecule has 1 saturated heterocycles. The van der Waals surface area contributed by atoms with Crippen molar-refractivity contribution in [1.29, 1.82) is 0 Å². The van der Waals surface area contributed by atoms with Crippen molar-refractivity contribution in [3.05, 3.63) is 47.4 Å². The van der Waals surface area contributed by atoms with Gasteiger partial charge in [0.1, 0.15) is 6.04 Å². The van der Waals surface area contributed by atoms with E-state index in [1.807, 2.05) is 0 Å². The number of carbonyl (C=O) groups is 2. The SMILES string of the molecule is CN1CC[C@H](Nc2ccc(Cl)cc2NC(=O)c2ccco2)C1=O. The van der Waals surface area contributed by atoms with Crippen molar-refractivity contribution in [3.63, 3.8) is 0 Å². The first-order valence-electron chi connectivity index (χ1n) is 7.20. The number of hydrogen-bond donors (Lipinski definition) is 2. The van der Waals surface area contributed by atoms with Gasteiger partial charge in [-0.1, -0.05) is 11.6 Å². The fourth-order valence-electron chi connectivity index (χ4n) is 2.48. The lowest BCUT2D eigenvalue weighted by molar-refractivity contribution is -0.127. The zero-order chi connectivity index (χ0) is 16.4. The second kappa shape index (κ2) is 6.34. The summed E-state index contributed by atoms with van der Waals surface area (Å²) in [5.74, 6) is -0.147. The Morgan fingerprint density at radius 1 is 1.35 bits per heavy atom. The molecule has 0 spiro atoms. The van der Waals surface area contributed by atoms with Crippen molar-refractivity contribution in [2.24, 2.45) is 0 Å². The van der Waals surface area contributed by atoms with Crippen molar-refractivity contribution in [3.8, 4) is 0 Å². The summed E-state index contributed by atoms with van der Waals surface area (Å²) in [5, 5.41) is 6.41. The van der Waals surface area contributed by atoms with E-state index in [0.717, 1.165) is 0 Å². The first-order valence-corrected chi connectivity index (χ1v) is 7.58. The van der Waals surface area contributed by atoms with E-state index in [1.165, 1.54) is 6.26 Å². The molecule has 0 saturated carbocycles. The number of amides is 2. The van der Waals surface area contributed by atoms with Gasteiger partial charge in [0.05, 0.1) is 17.6 Å². The van der Waals surface area contributed by atoms with Crippen molar-refractivity contribution >= 4 is 34.8 Å². The Bertz CT molecular complexity index is 730. The minimum absolute atomic E-state index is 0.0308. The molecule has 1 aliphatic rings. The monoisotopic (exact) mass is 333 g/mol. The van der Waals surface area contributed by atoms with Crippen LogP contribution in [0.5, 0.6) is 0 Å². The number of likely N-dealkylation sites (tertiary alicyclic amines) is 1. The molecule has 2 N–H and O–H groups in total. The lowest BCUT2D eigenvalue weighted by Crippen LogP contribution is -2.31. The summed E-state index contributed by atoms with van der Waals surface area (Å²) in [6, 6.07) is 7.98. The Morgan fingerprint density at radius 2 is 2.17 bits per heavy atom. The lowest BCUT2D eigenvalue weighted by atomic mass is 10.2. The van der Waals surface area contributed by atoms with E-state index in [1.54, 1.807) is 42.3 Å². The fraction of sp³-hybridized carbons (Fsp3) is 0.250. The maximum Gasteiger partial charge on any atom is 0.291 e. The smallest absolute Gasteiger partial charge is 0.291 e. The highest BCUT2D eigenvalue weighted by Gasteiger charge is 2.29. The quantitative estimate of drug-likeness (QED) is 0.902. The molecule has 1 aromatic heterocycles. The maximum absolute atomic E-state index is 12.1. The van der Waals surface area contributed by atoms with E-state index in [0.29, 0.717) is 29.4 Å². The van der Waals surface area contributed by atoms with Crippen LogP contribution in [0.1, 0.15) is 17.0 Å². The summed E-state index contributed by atoms with van der Waals surface area (Å²) in [6.07, 6.45) is 2.14. The van der Waals surface area contributed by atoms with Crippen molar-refractivity contribution in [2.45, 2.75) is 12.5 Å². The topological polar surface area (TPSA) is 74.6 Å². The van der Waals surface area contributed by atoms with Crippen molar-refractivity contribution in [2.75, 3.05) is 24.2 Å². The first-order chi connectivity index (χ1) is 11.0. The number of carbonyl (C=O) groups excluding carboxylic acids is 2. The van der Waals surface area contributed by atoms with Crippen LogP contribution in [-0.4, -0.2) is 36.3 Å². The van der Waals surface area contributed by atoms with Gasteiger partial charge in [-0.05, 0) is 36.8 Å². The summed E-state index contributed by atoms with van der Waals surface area (Å²) in [5.41, 5.74) is 1.14. The third-order valence-corrected chi connectivity index (χ3v) is 3.97. The molecule has 2 aromatic rings. The molecule has 23 heavy (non-hydrogen) atoms. The molecule has 0 bridgehead atoms. The van der Waals surface area contributed by atoms with Gasteiger partial charge in [-0.2, -0.15) is 0 Å². The summed E-state index contributed by atoms with van der Waals surface area (Å²) in [6.45, 7) is 0.707. The highest BCUT2D eigenvalue weighted by molar-refractivity contribution is 6.31. The molecular weight excluding hydrogens is 318 g/mol. The van der Waals surface area contributed by atoms with Crippen LogP contribution in [-0.2, 0) is 4.79 Å². The Morgan fingerprint density at radius 3 is 2.83 bits per heavy atom. The van der Waals surface area contributed by atoms with E-state index in [9.17, 15) is 9.59 Å². The Balaban J connectivity index is 1.80. The minimum Gasteiger partial charge on any atom is -0.459 e. The third-order valence-electron chi connectivity index (χ3n) is 3.73. The average Bonchev–Trinajstić information content (AvgIpc) is 3.15. The first kappa shape index (κ1) is 15.4. The minimum atomic E-state index is -0.379. The predicted octanol–water partition coefficient (Wildman–Crippen LogP) is 2.83. The van der Waals surface area contributed by atoms with Gasteiger partial charge in [0.2, 0.25) is 5.91 Å². The molecule has 0 unspecified atom stereocenters. The van der Waals surface area contributed by atoms with Crippen LogP contribution < -0.4 is 10.6 Å². The molecule has 120 valence electrons. The van der Waals surface area contributed by atoms with Gasteiger partial charge in [-0.3, -0.25) is 9.59 Å². The number of nitrogens with zero attached hydrogens (tertiary/aromatic N) is 1. The number of rotatable bonds is 4. The zero-order valence-electron chi connectivity index (χ0n) is 12.5. The Labute approximate surface area is 138 Å². The highest BCUT2D eigenvalue weighted by atomic mass is 35.5. The van der Waals surface area contributed by atoms with Gasteiger partial charge in [0.15, 0.2) is 5.76 Å². The molecule has 1 aromatic carbocycles. The van der Waals surface area contributed by atoms with Crippen molar-refractivity contribution < 1.29 is 14.0 Å². The number of benzene rings is 1. The van der Waals surface area contributed by atoms with Crippen LogP contribution in [0.2, 0.25) is 5.02 Å². The van der Waals surface area contributed by atoms with Crippen molar-refractivity contribution in [1.82, 2.24) is 4.90 Å². The maximum atomic E-state index is 12.1. The van der Waals surface area contributed by atoms with Crippen LogP contribution in [0.15, 0.2) is 41.0 Å². The molecule has 2 amide bonds. The number of furan rings is 1. The molecule has 1 aliphatic heterocycles. The van der Waals surface area contributed by atoms with Gasteiger partial charge in [-0.25, -0.2) is 0 Å². The van der Waals surface area contributed by atoms with Crippen LogP contribution in [0.4, 0.5) is 11.4 Å². The third kappa shape index (κ3) is 3.32. The largest absolute Gasteiger partial charge is 0.459 e. The van der Waals surface area contributed by atoms with Crippen LogP contribution in [0, 0.1) is 0 Å². The zero-order valence-corrected chi connectivity index (χ0v) is 13.3. The molecule has 6 nitrogen and oxygen atoms in total. The highest BCUT2D eigenvalue weighted by Crippen LogP contribution is 2.28. The number of likely N-dealkylation sites (N-methyl/N-ethyl adjacent to an activating group) is 1. The van der Waals surface area contributed by atoms with Gasteiger partial charge < -0.3 is 20.0 Å². The van der Waals surface area contributed by atoms with E-state index >= 15 is 0 Å². The van der Waals surface area contributed by atoms with Crippen LogP contribution in [0.3, 0.4) is 0 Å². The van der Waals surface area contributed by atoms with Gasteiger partial charge in [0.25, 0.3) is 5.91 Å². The molecule has 3 rings (SSSR count). The average molecular weight is 334 g/mol. The van der Waals surface area contributed by atoms with Gasteiger partial charge in [-0.15, -0.1) is 0 Å².